The molecule has 2 aromatic rings. The predicted octanol–water partition coefficient (Wildman–Crippen LogP) is 3.38. The summed E-state index contributed by atoms with van der Waals surface area (Å²) < 4.78 is 5.13. The normalized spacial score (nSPS) is 20.5. The number of benzene rings is 1. The SMILES string of the molecule is Cc1noc(C)c1CN1C(=O)NC(C)(c2ccc(C(C)C)cc2)C1=O. The lowest BCUT2D eigenvalue weighted by molar-refractivity contribution is -0.131. The quantitative estimate of drug-likeness (QED) is 0.865. The molecular weight excluding hydrogens is 318 g/mol. The Balaban J connectivity index is 1.89. The van der Waals surface area contributed by atoms with Crippen molar-refractivity contribution >= 4 is 11.9 Å². The van der Waals surface area contributed by atoms with Gasteiger partial charge in [-0.2, -0.15) is 0 Å². The van der Waals surface area contributed by atoms with E-state index in [4.69, 9.17) is 4.52 Å². The van der Waals surface area contributed by atoms with Crippen LogP contribution in [0.15, 0.2) is 28.8 Å². The molecule has 0 bridgehead atoms. The summed E-state index contributed by atoms with van der Waals surface area (Å²) in [5.41, 5.74) is 2.36. The third-order valence-electron chi connectivity index (χ3n) is 4.93. The molecule has 6 nitrogen and oxygen atoms in total. The maximum atomic E-state index is 13.0. The van der Waals surface area contributed by atoms with Crippen LogP contribution in [0.25, 0.3) is 0 Å². The Labute approximate surface area is 147 Å². The molecule has 0 radical (unpaired) electrons. The molecule has 1 aromatic heterocycles. The Morgan fingerprint density at radius 1 is 1.20 bits per heavy atom. The van der Waals surface area contributed by atoms with E-state index in [1.54, 1.807) is 20.8 Å². The zero-order valence-corrected chi connectivity index (χ0v) is 15.2. The molecule has 0 saturated carbocycles. The van der Waals surface area contributed by atoms with Gasteiger partial charge in [0.25, 0.3) is 5.91 Å². The first-order valence-corrected chi connectivity index (χ1v) is 8.40. The summed E-state index contributed by atoms with van der Waals surface area (Å²) in [5, 5.41) is 6.72. The molecule has 1 aliphatic rings. The third-order valence-corrected chi connectivity index (χ3v) is 4.93. The van der Waals surface area contributed by atoms with E-state index in [1.165, 1.54) is 10.5 Å². The lowest BCUT2D eigenvalue weighted by Crippen LogP contribution is -2.40. The standard InChI is InChI=1S/C19H23N3O3/c1-11(2)14-6-8-15(9-7-14)19(5)17(23)22(18(24)20-19)10-16-12(3)21-25-13(16)4/h6-9,11H,10H2,1-5H3,(H,20,24). The van der Waals surface area contributed by atoms with Crippen LogP contribution in [-0.2, 0) is 16.9 Å². The van der Waals surface area contributed by atoms with Crippen LogP contribution in [0.2, 0.25) is 0 Å². The monoisotopic (exact) mass is 341 g/mol. The molecule has 1 aromatic carbocycles. The molecule has 2 heterocycles. The van der Waals surface area contributed by atoms with Crippen molar-refractivity contribution in [3.63, 3.8) is 0 Å². The average Bonchev–Trinajstić information content (AvgIpc) is 3.00. The lowest BCUT2D eigenvalue weighted by atomic mass is 9.90. The van der Waals surface area contributed by atoms with Gasteiger partial charge in [-0.1, -0.05) is 43.3 Å². The van der Waals surface area contributed by atoms with Gasteiger partial charge in [0.15, 0.2) is 0 Å². The van der Waals surface area contributed by atoms with Crippen molar-refractivity contribution in [3.05, 3.63) is 52.4 Å². The van der Waals surface area contributed by atoms with Gasteiger partial charge in [-0.3, -0.25) is 9.69 Å². The van der Waals surface area contributed by atoms with Gasteiger partial charge in [-0.25, -0.2) is 4.79 Å². The summed E-state index contributed by atoms with van der Waals surface area (Å²) >= 11 is 0. The number of aromatic nitrogens is 1. The zero-order valence-electron chi connectivity index (χ0n) is 15.2. The molecule has 1 unspecified atom stereocenters. The second-order valence-electron chi connectivity index (χ2n) is 7.03. The second kappa shape index (κ2) is 6.02. The molecule has 3 amide bonds. The number of carbonyl (C=O) groups excluding carboxylic acids is 2. The minimum atomic E-state index is -1.06. The summed E-state index contributed by atoms with van der Waals surface area (Å²) in [4.78, 5) is 26.7. The van der Waals surface area contributed by atoms with Gasteiger partial charge >= 0.3 is 6.03 Å². The third kappa shape index (κ3) is 2.81. The topological polar surface area (TPSA) is 75.4 Å². The zero-order chi connectivity index (χ0) is 18.4. The fourth-order valence-electron chi connectivity index (χ4n) is 3.12. The predicted molar refractivity (Wildman–Crippen MR) is 92.9 cm³/mol. The molecule has 3 rings (SSSR count). The van der Waals surface area contributed by atoms with Crippen molar-refractivity contribution in [1.82, 2.24) is 15.4 Å². The largest absolute Gasteiger partial charge is 0.361 e. The van der Waals surface area contributed by atoms with Crippen molar-refractivity contribution in [1.29, 1.82) is 0 Å². The van der Waals surface area contributed by atoms with Gasteiger partial charge in [0.05, 0.1) is 12.2 Å². The number of amides is 3. The Hall–Kier alpha value is -2.63. The number of urea groups is 1. The van der Waals surface area contributed by atoms with Crippen LogP contribution in [-0.4, -0.2) is 22.0 Å². The highest BCUT2D eigenvalue weighted by Crippen LogP contribution is 2.31. The smallest absolute Gasteiger partial charge is 0.325 e. The number of hydrogen-bond donors (Lipinski definition) is 1. The molecule has 25 heavy (non-hydrogen) atoms. The van der Waals surface area contributed by atoms with Crippen molar-refractivity contribution in [2.75, 3.05) is 0 Å². The van der Waals surface area contributed by atoms with E-state index in [1.807, 2.05) is 24.3 Å². The maximum absolute atomic E-state index is 13.0. The fourth-order valence-corrected chi connectivity index (χ4v) is 3.12. The fraction of sp³-hybridized carbons (Fsp3) is 0.421. The van der Waals surface area contributed by atoms with E-state index in [2.05, 4.69) is 24.3 Å². The number of imide groups is 1. The number of nitrogens with zero attached hydrogens (tertiary/aromatic N) is 2. The van der Waals surface area contributed by atoms with E-state index in [-0.39, 0.29) is 12.5 Å². The van der Waals surface area contributed by atoms with Crippen molar-refractivity contribution in [3.8, 4) is 0 Å². The first kappa shape index (κ1) is 17.2. The van der Waals surface area contributed by atoms with Crippen molar-refractivity contribution < 1.29 is 14.1 Å². The molecule has 132 valence electrons. The minimum Gasteiger partial charge on any atom is -0.361 e. The number of nitrogens with one attached hydrogen (secondary N) is 1. The highest BCUT2D eigenvalue weighted by molar-refractivity contribution is 6.07. The van der Waals surface area contributed by atoms with Crippen LogP contribution in [0.1, 0.15) is 54.8 Å². The molecule has 1 saturated heterocycles. The molecule has 0 spiro atoms. The van der Waals surface area contributed by atoms with Gasteiger partial charge in [-0.05, 0) is 37.8 Å². The summed E-state index contributed by atoms with van der Waals surface area (Å²) in [5.74, 6) is 0.759. The van der Waals surface area contributed by atoms with Gasteiger partial charge in [0.2, 0.25) is 0 Å². The molecule has 1 fully saturated rings. The van der Waals surface area contributed by atoms with Crippen LogP contribution < -0.4 is 5.32 Å². The maximum Gasteiger partial charge on any atom is 0.325 e. The molecule has 6 heteroatoms. The van der Waals surface area contributed by atoms with E-state index in [0.29, 0.717) is 17.4 Å². The number of carbonyl (C=O) groups is 2. The Morgan fingerprint density at radius 3 is 2.36 bits per heavy atom. The number of hydrogen-bond acceptors (Lipinski definition) is 4. The first-order valence-electron chi connectivity index (χ1n) is 8.40. The lowest BCUT2D eigenvalue weighted by Gasteiger charge is -2.23. The van der Waals surface area contributed by atoms with Gasteiger partial charge in [-0.15, -0.1) is 0 Å². The van der Waals surface area contributed by atoms with Crippen LogP contribution in [0.3, 0.4) is 0 Å². The summed E-state index contributed by atoms with van der Waals surface area (Å²) in [6, 6.07) is 7.42. The Kier molecular flexibility index (Phi) is 4.14. The van der Waals surface area contributed by atoms with Gasteiger partial charge in [0, 0.05) is 5.56 Å². The first-order chi connectivity index (χ1) is 11.7. The number of rotatable bonds is 4. The summed E-state index contributed by atoms with van der Waals surface area (Å²) in [7, 11) is 0. The minimum absolute atomic E-state index is 0.158. The van der Waals surface area contributed by atoms with Gasteiger partial charge < -0.3 is 9.84 Å². The molecular formula is C19H23N3O3. The van der Waals surface area contributed by atoms with Crippen LogP contribution >= 0.6 is 0 Å². The van der Waals surface area contributed by atoms with Crippen molar-refractivity contribution in [2.24, 2.45) is 0 Å². The van der Waals surface area contributed by atoms with Crippen LogP contribution in [0, 0.1) is 13.8 Å². The summed E-state index contributed by atoms with van der Waals surface area (Å²) in [6.07, 6.45) is 0. The van der Waals surface area contributed by atoms with Crippen molar-refractivity contribution in [2.45, 2.75) is 52.6 Å². The van der Waals surface area contributed by atoms with E-state index >= 15 is 0 Å². The van der Waals surface area contributed by atoms with Crippen LogP contribution in [0.4, 0.5) is 4.79 Å². The van der Waals surface area contributed by atoms with E-state index in [0.717, 1.165) is 11.1 Å². The molecule has 1 N–H and O–H groups in total. The van der Waals surface area contributed by atoms with E-state index < -0.39 is 11.6 Å². The Morgan fingerprint density at radius 2 is 1.84 bits per heavy atom. The molecule has 1 aliphatic heterocycles. The summed E-state index contributed by atoms with van der Waals surface area (Å²) in [6.45, 7) is 9.71. The van der Waals surface area contributed by atoms with Crippen LogP contribution in [0.5, 0.6) is 0 Å². The average molecular weight is 341 g/mol. The highest BCUT2D eigenvalue weighted by atomic mass is 16.5. The van der Waals surface area contributed by atoms with Gasteiger partial charge in [0.1, 0.15) is 11.3 Å². The second-order valence-corrected chi connectivity index (χ2v) is 7.03. The Bertz CT molecular complexity index is 803. The molecule has 0 aliphatic carbocycles. The molecule has 1 atom stereocenters. The number of aryl methyl sites for hydroxylation is 2. The van der Waals surface area contributed by atoms with E-state index in [9.17, 15) is 9.59 Å². The highest BCUT2D eigenvalue weighted by Gasteiger charge is 2.49.